The first-order valence-corrected chi connectivity index (χ1v) is 12.5. The molecule has 1 aromatic carbocycles. The van der Waals surface area contributed by atoms with Crippen LogP contribution in [-0.4, -0.2) is 61.0 Å². The molecule has 4 rings (SSSR count). The van der Waals surface area contributed by atoms with Gasteiger partial charge in [0.15, 0.2) is 0 Å². The van der Waals surface area contributed by atoms with Crippen molar-refractivity contribution in [2.24, 2.45) is 5.92 Å². The van der Waals surface area contributed by atoms with Crippen molar-refractivity contribution in [3.8, 4) is 0 Å². The van der Waals surface area contributed by atoms with Gasteiger partial charge in [0.1, 0.15) is 5.00 Å². The van der Waals surface area contributed by atoms with Gasteiger partial charge < -0.3 is 15.0 Å². The van der Waals surface area contributed by atoms with Gasteiger partial charge in [0.25, 0.3) is 5.69 Å². The molecule has 9 nitrogen and oxygen atoms in total. The first-order valence-electron chi connectivity index (χ1n) is 11.7. The molecule has 2 aliphatic rings. The molecule has 10 heteroatoms. The molecule has 0 spiro atoms. The zero-order valence-electron chi connectivity index (χ0n) is 19.5. The third-order valence-corrected chi connectivity index (χ3v) is 7.58. The number of fused-ring (bicyclic) bond motifs is 1. The zero-order valence-corrected chi connectivity index (χ0v) is 20.4. The maximum absolute atomic E-state index is 12.9. The number of nitrogens with zero attached hydrogens (tertiary/aromatic N) is 3. The van der Waals surface area contributed by atoms with Crippen LogP contribution in [0.15, 0.2) is 24.3 Å². The van der Waals surface area contributed by atoms with E-state index in [-0.39, 0.29) is 24.1 Å². The zero-order chi connectivity index (χ0) is 24.2. The van der Waals surface area contributed by atoms with Gasteiger partial charge in [0.2, 0.25) is 5.91 Å². The molecular formula is C24H30N4O5S. The van der Waals surface area contributed by atoms with Gasteiger partial charge in [-0.25, -0.2) is 4.79 Å². The molecule has 1 N–H and O–H groups in total. The fourth-order valence-corrected chi connectivity index (χ4v) is 5.99. The fourth-order valence-electron chi connectivity index (χ4n) is 4.58. The number of nitro groups is 1. The molecule has 182 valence electrons. The summed E-state index contributed by atoms with van der Waals surface area (Å²) in [7, 11) is 0. The summed E-state index contributed by atoms with van der Waals surface area (Å²) in [5, 5.41) is 14.4. The summed E-state index contributed by atoms with van der Waals surface area (Å²) in [6, 6.07) is 6.54. The number of amides is 1. The molecule has 0 saturated carbocycles. The number of thiophene rings is 1. The second-order valence-electron chi connectivity index (χ2n) is 8.86. The highest BCUT2D eigenvalue weighted by molar-refractivity contribution is 7.17. The first kappa shape index (κ1) is 24.2. The number of esters is 1. The Morgan fingerprint density at radius 1 is 1.21 bits per heavy atom. The lowest BCUT2D eigenvalue weighted by Gasteiger charge is -2.35. The smallest absolute Gasteiger partial charge is 0.341 e. The number of hydrogen-bond donors (Lipinski definition) is 1. The molecule has 1 aliphatic heterocycles. The van der Waals surface area contributed by atoms with Crippen LogP contribution in [0.4, 0.5) is 16.4 Å². The molecule has 1 saturated heterocycles. The minimum Gasteiger partial charge on any atom is -0.462 e. The molecule has 2 heterocycles. The number of anilines is 2. The minimum absolute atomic E-state index is 0.0750. The summed E-state index contributed by atoms with van der Waals surface area (Å²) < 4.78 is 5.29. The Morgan fingerprint density at radius 2 is 1.91 bits per heavy atom. The molecule has 2 aromatic rings. The summed E-state index contributed by atoms with van der Waals surface area (Å²) in [6.07, 6.45) is 2.79. The van der Waals surface area contributed by atoms with Crippen molar-refractivity contribution in [3.63, 3.8) is 0 Å². The average molecular weight is 487 g/mol. The molecule has 0 radical (unpaired) electrons. The summed E-state index contributed by atoms with van der Waals surface area (Å²) in [5.74, 6) is 0.0688. The van der Waals surface area contributed by atoms with Crippen molar-refractivity contribution < 1.29 is 19.2 Å². The molecule has 1 unspecified atom stereocenters. The van der Waals surface area contributed by atoms with Crippen molar-refractivity contribution in [3.05, 3.63) is 50.4 Å². The van der Waals surface area contributed by atoms with E-state index in [9.17, 15) is 19.7 Å². The summed E-state index contributed by atoms with van der Waals surface area (Å²) in [5.41, 5.74) is 2.58. The third-order valence-electron chi connectivity index (χ3n) is 6.41. The topological polar surface area (TPSA) is 105 Å². The predicted octanol–water partition coefficient (Wildman–Crippen LogP) is 3.72. The lowest BCUT2D eigenvalue weighted by atomic mass is 9.88. The van der Waals surface area contributed by atoms with Crippen molar-refractivity contribution in [1.29, 1.82) is 0 Å². The highest BCUT2D eigenvalue weighted by Crippen LogP contribution is 2.40. The predicted molar refractivity (Wildman–Crippen MR) is 132 cm³/mol. The number of piperazine rings is 1. The minimum atomic E-state index is -0.404. The Labute approximate surface area is 202 Å². The number of non-ortho nitro benzene ring substituents is 1. The van der Waals surface area contributed by atoms with E-state index in [2.05, 4.69) is 22.0 Å². The summed E-state index contributed by atoms with van der Waals surface area (Å²) in [4.78, 5) is 41.4. The number of rotatable bonds is 7. The van der Waals surface area contributed by atoms with Gasteiger partial charge in [0.05, 0.1) is 23.6 Å². The largest absolute Gasteiger partial charge is 0.462 e. The van der Waals surface area contributed by atoms with Crippen LogP contribution < -0.4 is 10.2 Å². The molecule has 34 heavy (non-hydrogen) atoms. The van der Waals surface area contributed by atoms with E-state index in [0.29, 0.717) is 36.2 Å². The first-order chi connectivity index (χ1) is 16.4. The Balaban J connectivity index is 1.36. The third kappa shape index (κ3) is 5.39. The van der Waals surface area contributed by atoms with E-state index >= 15 is 0 Å². The molecular weight excluding hydrogens is 456 g/mol. The lowest BCUT2D eigenvalue weighted by molar-refractivity contribution is -0.384. The van der Waals surface area contributed by atoms with E-state index in [1.165, 1.54) is 28.3 Å². The molecule has 1 aliphatic carbocycles. The van der Waals surface area contributed by atoms with Crippen LogP contribution in [0, 0.1) is 16.0 Å². The Morgan fingerprint density at radius 3 is 2.56 bits per heavy atom. The van der Waals surface area contributed by atoms with Crippen LogP contribution in [0.25, 0.3) is 0 Å². The van der Waals surface area contributed by atoms with Gasteiger partial charge in [-0.05, 0) is 49.8 Å². The van der Waals surface area contributed by atoms with E-state index in [4.69, 9.17) is 4.74 Å². The van der Waals surface area contributed by atoms with Gasteiger partial charge in [0, 0.05) is 48.9 Å². The molecule has 1 aromatic heterocycles. The quantitative estimate of drug-likeness (QED) is 0.361. The van der Waals surface area contributed by atoms with E-state index in [1.54, 1.807) is 19.1 Å². The molecule has 0 bridgehead atoms. The lowest BCUT2D eigenvalue weighted by Crippen LogP contribution is -2.48. The maximum Gasteiger partial charge on any atom is 0.341 e. The van der Waals surface area contributed by atoms with Crippen LogP contribution in [0.2, 0.25) is 0 Å². The van der Waals surface area contributed by atoms with Crippen LogP contribution >= 0.6 is 11.3 Å². The normalized spacial score (nSPS) is 18.3. The van der Waals surface area contributed by atoms with Crippen LogP contribution in [-0.2, 0) is 22.4 Å². The molecule has 1 fully saturated rings. The van der Waals surface area contributed by atoms with Gasteiger partial charge in [-0.15, -0.1) is 11.3 Å². The van der Waals surface area contributed by atoms with Gasteiger partial charge >= 0.3 is 5.97 Å². The molecule has 1 amide bonds. The highest BCUT2D eigenvalue weighted by Gasteiger charge is 2.29. The van der Waals surface area contributed by atoms with Gasteiger partial charge in [-0.2, -0.15) is 0 Å². The number of carbonyl (C=O) groups is 2. The number of carbonyl (C=O) groups excluding carboxylic acids is 2. The summed E-state index contributed by atoms with van der Waals surface area (Å²) in [6.45, 7) is 7.40. The Kier molecular flexibility index (Phi) is 7.47. The Bertz CT molecular complexity index is 1060. The van der Waals surface area contributed by atoms with E-state index in [1.807, 2.05) is 0 Å². The second kappa shape index (κ2) is 10.5. The number of benzene rings is 1. The van der Waals surface area contributed by atoms with Crippen molar-refractivity contribution >= 4 is 39.6 Å². The van der Waals surface area contributed by atoms with Crippen LogP contribution in [0.3, 0.4) is 0 Å². The molecule has 1 atom stereocenters. The summed E-state index contributed by atoms with van der Waals surface area (Å²) >= 11 is 1.50. The van der Waals surface area contributed by atoms with Crippen molar-refractivity contribution in [1.82, 2.24) is 4.90 Å². The van der Waals surface area contributed by atoms with Crippen molar-refractivity contribution in [2.45, 2.75) is 33.1 Å². The average Bonchev–Trinajstić information content (AvgIpc) is 3.16. The SMILES string of the molecule is CCOC(=O)c1c(NC(=O)CN2CCN(c3ccc([N+](=O)[O-])cc3)CC2)sc2c1CCC(C)C2. The van der Waals surface area contributed by atoms with Crippen molar-refractivity contribution in [2.75, 3.05) is 49.5 Å². The van der Waals surface area contributed by atoms with Gasteiger partial charge in [-0.1, -0.05) is 6.92 Å². The number of nitro benzene ring substituents is 1. The van der Waals surface area contributed by atoms with Crippen LogP contribution in [0.1, 0.15) is 41.1 Å². The van der Waals surface area contributed by atoms with Gasteiger partial charge in [-0.3, -0.25) is 19.8 Å². The standard InChI is InChI=1S/C24H30N4O5S/c1-3-33-24(30)22-19-9-4-16(2)14-20(19)34-23(22)25-21(29)15-26-10-12-27(13-11-26)17-5-7-18(8-6-17)28(31)32/h5-8,16H,3-4,9-15H2,1-2H3,(H,25,29). The Hall–Kier alpha value is -2.98. The monoisotopic (exact) mass is 486 g/mol. The van der Waals surface area contributed by atoms with E-state index in [0.717, 1.165) is 43.6 Å². The highest BCUT2D eigenvalue weighted by atomic mass is 32.1. The van der Waals surface area contributed by atoms with E-state index < -0.39 is 4.92 Å². The second-order valence-corrected chi connectivity index (χ2v) is 9.97. The maximum atomic E-state index is 12.9. The fraction of sp³-hybridized carbons (Fsp3) is 0.500. The number of nitrogens with one attached hydrogen (secondary N) is 1. The van der Waals surface area contributed by atoms with Crippen LogP contribution in [0.5, 0.6) is 0 Å². The number of hydrogen-bond acceptors (Lipinski definition) is 8. The number of ether oxygens (including phenoxy) is 1.